The molecule has 0 spiro atoms. The van der Waals surface area contributed by atoms with E-state index in [4.69, 9.17) is 5.73 Å². The molecule has 0 saturated carbocycles. The van der Waals surface area contributed by atoms with Gasteiger partial charge in [0, 0.05) is 5.56 Å². The second kappa shape index (κ2) is 4.03. The first-order valence-corrected chi connectivity index (χ1v) is 6.85. The molecule has 98 valence electrons. The van der Waals surface area contributed by atoms with Crippen LogP contribution >= 0.6 is 11.3 Å². The standard InChI is InChI=1S/C13H15N5S/c1-13(2,3)9-6-4-8(5-7-9)10-15-16-12-18(10)17-11(14)19-12/h4-7H,1-3H3,(H2,14,17). The van der Waals surface area contributed by atoms with Gasteiger partial charge < -0.3 is 5.73 Å². The van der Waals surface area contributed by atoms with Crippen LogP contribution in [0.3, 0.4) is 0 Å². The summed E-state index contributed by atoms with van der Waals surface area (Å²) in [7, 11) is 0. The first kappa shape index (κ1) is 12.1. The molecule has 0 saturated heterocycles. The third-order valence-corrected chi connectivity index (χ3v) is 3.74. The Labute approximate surface area is 115 Å². The molecule has 3 aromatic rings. The first-order chi connectivity index (χ1) is 8.95. The van der Waals surface area contributed by atoms with E-state index in [0.717, 1.165) is 11.4 Å². The fraction of sp³-hybridized carbons (Fsp3) is 0.308. The van der Waals surface area contributed by atoms with E-state index in [1.54, 1.807) is 4.52 Å². The highest BCUT2D eigenvalue weighted by molar-refractivity contribution is 7.20. The molecular formula is C13H15N5S. The van der Waals surface area contributed by atoms with Crippen molar-refractivity contribution in [2.24, 2.45) is 0 Å². The smallest absolute Gasteiger partial charge is 0.236 e. The van der Waals surface area contributed by atoms with Crippen LogP contribution in [0.1, 0.15) is 26.3 Å². The Morgan fingerprint density at radius 1 is 1.11 bits per heavy atom. The van der Waals surface area contributed by atoms with Gasteiger partial charge in [-0.1, -0.05) is 56.4 Å². The molecule has 2 heterocycles. The highest BCUT2D eigenvalue weighted by Crippen LogP contribution is 2.26. The molecule has 1 aromatic carbocycles. The normalized spacial score (nSPS) is 12.2. The van der Waals surface area contributed by atoms with Gasteiger partial charge in [0.1, 0.15) is 0 Å². The summed E-state index contributed by atoms with van der Waals surface area (Å²) >= 11 is 1.33. The van der Waals surface area contributed by atoms with E-state index in [1.165, 1.54) is 16.9 Å². The minimum Gasteiger partial charge on any atom is -0.374 e. The molecule has 0 aliphatic rings. The SMILES string of the molecule is CC(C)(C)c1ccc(-c2nnc3sc(N)nn23)cc1. The van der Waals surface area contributed by atoms with Gasteiger partial charge in [0.2, 0.25) is 10.1 Å². The number of rotatable bonds is 1. The van der Waals surface area contributed by atoms with Crippen molar-refractivity contribution in [3.05, 3.63) is 29.8 Å². The van der Waals surface area contributed by atoms with Crippen LogP contribution in [0.15, 0.2) is 24.3 Å². The summed E-state index contributed by atoms with van der Waals surface area (Å²) in [5.74, 6) is 0.725. The molecule has 2 aromatic heterocycles. The zero-order valence-corrected chi connectivity index (χ0v) is 11.9. The van der Waals surface area contributed by atoms with Gasteiger partial charge >= 0.3 is 0 Å². The third-order valence-electron chi connectivity index (χ3n) is 3.02. The maximum absolute atomic E-state index is 5.68. The number of nitrogens with zero attached hydrogens (tertiary/aromatic N) is 4. The average Bonchev–Trinajstić information content (AvgIpc) is 2.86. The molecule has 6 heteroatoms. The summed E-state index contributed by atoms with van der Waals surface area (Å²) in [5.41, 5.74) is 8.10. The number of hydrogen-bond donors (Lipinski definition) is 1. The van der Waals surface area contributed by atoms with Gasteiger partial charge in [0.15, 0.2) is 5.82 Å². The first-order valence-electron chi connectivity index (χ1n) is 6.04. The molecule has 0 aliphatic heterocycles. The van der Waals surface area contributed by atoms with E-state index in [0.29, 0.717) is 10.1 Å². The van der Waals surface area contributed by atoms with E-state index in [9.17, 15) is 0 Å². The molecule has 0 fully saturated rings. The summed E-state index contributed by atoms with van der Waals surface area (Å²) in [6.45, 7) is 6.58. The predicted molar refractivity (Wildman–Crippen MR) is 77.2 cm³/mol. The lowest BCUT2D eigenvalue weighted by atomic mass is 9.87. The monoisotopic (exact) mass is 273 g/mol. The fourth-order valence-corrected chi connectivity index (χ4v) is 2.54. The van der Waals surface area contributed by atoms with Crippen LogP contribution in [0, 0.1) is 0 Å². The minimum atomic E-state index is 0.143. The number of aromatic nitrogens is 4. The maximum atomic E-state index is 5.68. The van der Waals surface area contributed by atoms with Crippen LogP contribution in [-0.4, -0.2) is 19.8 Å². The zero-order chi connectivity index (χ0) is 13.6. The molecule has 0 aliphatic carbocycles. The Morgan fingerprint density at radius 3 is 2.42 bits per heavy atom. The lowest BCUT2D eigenvalue weighted by Gasteiger charge is -2.18. The minimum absolute atomic E-state index is 0.143. The second-order valence-corrected chi connectivity index (χ2v) is 6.47. The van der Waals surface area contributed by atoms with E-state index in [2.05, 4.69) is 48.2 Å². The Bertz CT molecular complexity index is 718. The molecule has 19 heavy (non-hydrogen) atoms. The Morgan fingerprint density at radius 2 is 1.79 bits per heavy atom. The molecule has 0 atom stereocenters. The average molecular weight is 273 g/mol. The van der Waals surface area contributed by atoms with E-state index < -0.39 is 0 Å². The molecule has 0 radical (unpaired) electrons. The molecule has 0 unspecified atom stereocenters. The largest absolute Gasteiger partial charge is 0.374 e. The maximum Gasteiger partial charge on any atom is 0.236 e. The van der Waals surface area contributed by atoms with Crippen molar-refractivity contribution in [3.63, 3.8) is 0 Å². The van der Waals surface area contributed by atoms with Crippen molar-refractivity contribution in [3.8, 4) is 11.4 Å². The van der Waals surface area contributed by atoms with E-state index in [-0.39, 0.29) is 5.41 Å². The van der Waals surface area contributed by atoms with Crippen LogP contribution in [-0.2, 0) is 5.41 Å². The van der Waals surface area contributed by atoms with Crippen molar-refractivity contribution < 1.29 is 0 Å². The number of anilines is 1. The third kappa shape index (κ3) is 2.08. The van der Waals surface area contributed by atoms with Gasteiger partial charge in [-0.3, -0.25) is 0 Å². The highest BCUT2D eigenvalue weighted by atomic mass is 32.1. The van der Waals surface area contributed by atoms with Crippen LogP contribution in [0.4, 0.5) is 5.13 Å². The lowest BCUT2D eigenvalue weighted by molar-refractivity contribution is 0.590. The Hall–Kier alpha value is -1.95. The molecule has 0 amide bonds. The zero-order valence-electron chi connectivity index (χ0n) is 11.1. The van der Waals surface area contributed by atoms with Crippen molar-refractivity contribution in [2.45, 2.75) is 26.2 Å². The topological polar surface area (TPSA) is 69.1 Å². The van der Waals surface area contributed by atoms with Crippen LogP contribution in [0.5, 0.6) is 0 Å². The number of nitrogens with two attached hydrogens (primary N) is 1. The van der Waals surface area contributed by atoms with Crippen molar-refractivity contribution >= 4 is 21.4 Å². The van der Waals surface area contributed by atoms with Gasteiger partial charge in [-0.05, 0) is 11.0 Å². The van der Waals surface area contributed by atoms with Crippen molar-refractivity contribution in [1.29, 1.82) is 0 Å². The van der Waals surface area contributed by atoms with Gasteiger partial charge in [-0.2, -0.15) is 4.52 Å². The summed E-state index contributed by atoms with van der Waals surface area (Å²) in [4.78, 5) is 0.715. The number of benzene rings is 1. The molecular weight excluding hydrogens is 258 g/mol. The molecule has 0 bridgehead atoms. The van der Waals surface area contributed by atoms with Crippen LogP contribution in [0.2, 0.25) is 0 Å². The number of nitrogen functional groups attached to an aromatic ring is 1. The quantitative estimate of drug-likeness (QED) is 0.740. The molecule has 5 nitrogen and oxygen atoms in total. The summed E-state index contributed by atoms with van der Waals surface area (Å²) in [5, 5.41) is 12.9. The van der Waals surface area contributed by atoms with Gasteiger partial charge in [0.25, 0.3) is 0 Å². The van der Waals surface area contributed by atoms with Crippen LogP contribution < -0.4 is 5.73 Å². The molecule has 3 rings (SSSR count). The lowest BCUT2D eigenvalue weighted by Crippen LogP contribution is -2.10. The van der Waals surface area contributed by atoms with Crippen molar-refractivity contribution in [1.82, 2.24) is 19.8 Å². The second-order valence-electron chi connectivity index (χ2n) is 5.49. The number of hydrogen-bond acceptors (Lipinski definition) is 5. The van der Waals surface area contributed by atoms with Gasteiger partial charge in [-0.25, -0.2) is 0 Å². The van der Waals surface area contributed by atoms with Crippen LogP contribution in [0.25, 0.3) is 16.3 Å². The van der Waals surface area contributed by atoms with Gasteiger partial charge in [0.05, 0.1) is 0 Å². The fourth-order valence-electron chi connectivity index (χ4n) is 1.93. The Kier molecular flexibility index (Phi) is 2.56. The summed E-state index contributed by atoms with van der Waals surface area (Å²) in [6.07, 6.45) is 0. The Balaban J connectivity index is 2.07. The van der Waals surface area contributed by atoms with E-state index >= 15 is 0 Å². The predicted octanol–water partition coefficient (Wildman–Crippen LogP) is 2.73. The summed E-state index contributed by atoms with van der Waals surface area (Å²) in [6, 6.07) is 8.33. The van der Waals surface area contributed by atoms with Gasteiger partial charge in [-0.15, -0.1) is 15.3 Å². The molecule has 2 N–H and O–H groups in total. The summed E-state index contributed by atoms with van der Waals surface area (Å²) < 4.78 is 1.69. The number of fused-ring (bicyclic) bond motifs is 1. The highest BCUT2D eigenvalue weighted by Gasteiger charge is 2.15. The van der Waals surface area contributed by atoms with Crippen molar-refractivity contribution in [2.75, 3.05) is 5.73 Å². The van der Waals surface area contributed by atoms with E-state index in [1.807, 2.05) is 12.1 Å².